The summed E-state index contributed by atoms with van der Waals surface area (Å²) in [6.07, 6.45) is 4.33. The molecule has 0 radical (unpaired) electrons. The topological polar surface area (TPSA) is 46.9 Å². The average Bonchev–Trinajstić information content (AvgIpc) is 2.83. The highest BCUT2D eigenvalue weighted by Gasteiger charge is 2.02. The van der Waals surface area contributed by atoms with Crippen LogP contribution < -0.4 is 5.32 Å². The van der Waals surface area contributed by atoms with Gasteiger partial charge in [-0.2, -0.15) is 5.10 Å². The van der Waals surface area contributed by atoms with Crippen molar-refractivity contribution >= 4 is 5.91 Å². The summed E-state index contributed by atoms with van der Waals surface area (Å²) in [6, 6.07) is 8.13. The minimum Gasteiger partial charge on any atom is -0.352 e. The molecule has 1 N–H and O–H groups in total. The van der Waals surface area contributed by atoms with Gasteiger partial charge in [-0.15, -0.1) is 0 Å². The van der Waals surface area contributed by atoms with Crippen molar-refractivity contribution in [2.75, 3.05) is 0 Å². The Morgan fingerprint density at radius 3 is 2.89 bits per heavy atom. The van der Waals surface area contributed by atoms with Gasteiger partial charge in [0.2, 0.25) is 5.91 Å². The molecule has 0 spiro atoms. The van der Waals surface area contributed by atoms with Crippen molar-refractivity contribution in [3.63, 3.8) is 0 Å². The number of nitrogens with one attached hydrogen (secondary N) is 1. The van der Waals surface area contributed by atoms with Crippen LogP contribution in [0.1, 0.15) is 18.9 Å². The van der Waals surface area contributed by atoms with E-state index in [1.807, 2.05) is 44.6 Å². The van der Waals surface area contributed by atoms with Crippen molar-refractivity contribution in [1.82, 2.24) is 15.1 Å². The SMILES string of the molecule is CCC(=O)NCc1cccc(-c2cnn(C)c2)c1. The maximum absolute atomic E-state index is 11.2. The summed E-state index contributed by atoms with van der Waals surface area (Å²) in [7, 11) is 1.90. The van der Waals surface area contributed by atoms with Crippen molar-refractivity contribution in [1.29, 1.82) is 0 Å². The Labute approximate surface area is 107 Å². The van der Waals surface area contributed by atoms with Gasteiger partial charge >= 0.3 is 0 Å². The minimum absolute atomic E-state index is 0.0711. The van der Waals surface area contributed by atoms with Crippen LogP contribution in [0.2, 0.25) is 0 Å². The van der Waals surface area contributed by atoms with E-state index in [1.165, 1.54) is 0 Å². The van der Waals surface area contributed by atoms with Gasteiger partial charge < -0.3 is 5.32 Å². The lowest BCUT2D eigenvalue weighted by atomic mass is 10.1. The standard InChI is InChI=1S/C14H17N3O/c1-3-14(18)15-8-11-5-4-6-12(7-11)13-9-16-17(2)10-13/h4-7,9-10H,3,8H2,1-2H3,(H,15,18). The van der Waals surface area contributed by atoms with E-state index >= 15 is 0 Å². The molecular formula is C14H17N3O. The van der Waals surface area contributed by atoms with Gasteiger partial charge in [-0.05, 0) is 17.2 Å². The molecule has 2 rings (SSSR count). The number of hydrogen-bond donors (Lipinski definition) is 1. The Balaban J connectivity index is 2.12. The fourth-order valence-electron chi connectivity index (χ4n) is 1.76. The molecule has 1 heterocycles. The maximum atomic E-state index is 11.2. The molecule has 0 unspecified atom stereocenters. The smallest absolute Gasteiger partial charge is 0.219 e. The second kappa shape index (κ2) is 5.49. The molecule has 1 aromatic carbocycles. The van der Waals surface area contributed by atoms with Gasteiger partial charge in [-0.1, -0.05) is 25.1 Å². The number of amides is 1. The van der Waals surface area contributed by atoms with Crippen LogP contribution in [-0.4, -0.2) is 15.7 Å². The molecule has 0 bridgehead atoms. The van der Waals surface area contributed by atoms with Crippen LogP contribution in [0, 0.1) is 0 Å². The third-order valence-corrected chi connectivity index (χ3v) is 2.78. The number of carbonyl (C=O) groups excluding carboxylic acids is 1. The number of rotatable bonds is 4. The zero-order chi connectivity index (χ0) is 13.0. The quantitative estimate of drug-likeness (QED) is 0.894. The molecule has 1 aromatic heterocycles. The monoisotopic (exact) mass is 243 g/mol. The summed E-state index contributed by atoms with van der Waals surface area (Å²) >= 11 is 0. The predicted molar refractivity (Wildman–Crippen MR) is 70.8 cm³/mol. The van der Waals surface area contributed by atoms with Gasteiger partial charge in [0.1, 0.15) is 0 Å². The molecule has 0 saturated heterocycles. The Morgan fingerprint density at radius 1 is 1.39 bits per heavy atom. The zero-order valence-electron chi connectivity index (χ0n) is 10.7. The predicted octanol–water partition coefficient (Wildman–Crippen LogP) is 2.11. The summed E-state index contributed by atoms with van der Waals surface area (Å²) in [5.74, 6) is 0.0711. The van der Waals surface area contributed by atoms with Crippen LogP contribution in [0.3, 0.4) is 0 Å². The average molecular weight is 243 g/mol. The number of aryl methyl sites for hydroxylation is 1. The van der Waals surface area contributed by atoms with Gasteiger partial charge in [0.25, 0.3) is 0 Å². The molecule has 0 aliphatic carbocycles. The molecule has 4 heteroatoms. The molecule has 0 aliphatic heterocycles. The Bertz CT molecular complexity index is 545. The van der Waals surface area contributed by atoms with E-state index < -0.39 is 0 Å². The van der Waals surface area contributed by atoms with Gasteiger partial charge in [0, 0.05) is 31.8 Å². The Kier molecular flexibility index (Phi) is 3.77. The number of carbonyl (C=O) groups is 1. The number of aromatic nitrogens is 2. The van der Waals surface area contributed by atoms with Crippen LogP contribution in [0.4, 0.5) is 0 Å². The van der Waals surface area contributed by atoms with Gasteiger partial charge in [0.05, 0.1) is 6.20 Å². The van der Waals surface area contributed by atoms with Gasteiger partial charge in [0.15, 0.2) is 0 Å². The highest BCUT2D eigenvalue weighted by Crippen LogP contribution is 2.19. The third kappa shape index (κ3) is 2.97. The first kappa shape index (κ1) is 12.4. The van der Waals surface area contributed by atoms with E-state index in [2.05, 4.69) is 16.5 Å². The normalized spacial score (nSPS) is 10.3. The fourth-order valence-corrected chi connectivity index (χ4v) is 1.76. The number of benzene rings is 1. The summed E-state index contributed by atoms with van der Waals surface area (Å²) < 4.78 is 1.78. The molecule has 94 valence electrons. The summed E-state index contributed by atoms with van der Waals surface area (Å²) in [6.45, 7) is 2.42. The maximum Gasteiger partial charge on any atom is 0.219 e. The van der Waals surface area contributed by atoms with E-state index in [4.69, 9.17) is 0 Å². The largest absolute Gasteiger partial charge is 0.352 e. The molecule has 0 atom stereocenters. The summed E-state index contributed by atoms with van der Waals surface area (Å²) in [4.78, 5) is 11.2. The van der Waals surface area contributed by atoms with Gasteiger partial charge in [-0.3, -0.25) is 9.48 Å². The van der Waals surface area contributed by atoms with Crippen LogP contribution in [0.5, 0.6) is 0 Å². The Morgan fingerprint density at radius 2 is 2.22 bits per heavy atom. The molecule has 0 fully saturated rings. The number of nitrogens with zero attached hydrogens (tertiary/aromatic N) is 2. The van der Waals surface area contributed by atoms with Crippen molar-refractivity contribution < 1.29 is 4.79 Å². The molecule has 2 aromatic rings. The van der Waals surface area contributed by atoms with E-state index in [0.717, 1.165) is 16.7 Å². The van der Waals surface area contributed by atoms with E-state index in [-0.39, 0.29) is 5.91 Å². The molecule has 0 aliphatic rings. The van der Waals surface area contributed by atoms with E-state index in [9.17, 15) is 4.79 Å². The number of hydrogen-bond acceptors (Lipinski definition) is 2. The summed E-state index contributed by atoms with van der Waals surface area (Å²) in [5, 5.41) is 7.03. The van der Waals surface area contributed by atoms with Gasteiger partial charge in [-0.25, -0.2) is 0 Å². The summed E-state index contributed by atoms with van der Waals surface area (Å²) in [5.41, 5.74) is 3.30. The Hall–Kier alpha value is -2.10. The lowest BCUT2D eigenvalue weighted by molar-refractivity contribution is -0.120. The van der Waals surface area contributed by atoms with Crippen molar-refractivity contribution in [3.8, 4) is 11.1 Å². The van der Waals surface area contributed by atoms with Crippen molar-refractivity contribution in [3.05, 3.63) is 42.2 Å². The first-order valence-corrected chi connectivity index (χ1v) is 6.03. The molecule has 18 heavy (non-hydrogen) atoms. The van der Waals surface area contributed by atoms with Crippen LogP contribution >= 0.6 is 0 Å². The minimum atomic E-state index is 0.0711. The third-order valence-electron chi connectivity index (χ3n) is 2.78. The van der Waals surface area contributed by atoms with E-state index in [1.54, 1.807) is 4.68 Å². The molecule has 4 nitrogen and oxygen atoms in total. The lowest BCUT2D eigenvalue weighted by Crippen LogP contribution is -2.21. The zero-order valence-corrected chi connectivity index (χ0v) is 10.7. The second-order valence-corrected chi connectivity index (χ2v) is 4.23. The second-order valence-electron chi connectivity index (χ2n) is 4.23. The van der Waals surface area contributed by atoms with Crippen LogP contribution in [0.15, 0.2) is 36.7 Å². The van der Waals surface area contributed by atoms with Crippen molar-refractivity contribution in [2.45, 2.75) is 19.9 Å². The molecular weight excluding hydrogens is 226 g/mol. The van der Waals surface area contributed by atoms with Crippen LogP contribution in [0.25, 0.3) is 11.1 Å². The lowest BCUT2D eigenvalue weighted by Gasteiger charge is -2.05. The fraction of sp³-hybridized carbons (Fsp3) is 0.286. The van der Waals surface area contributed by atoms with Crippen molar-refractivity contribution in [2.24, 2.45) is 7.05 Å². The molecule has 0 saturated carbocycles. The first-order chi connectivity index (χ1) is 8.69. The highest BCUT2D eigenvalue weighted by molar-refractivity contribution is 5.75. The van der Waals surface area contributed by atoms with Crippen LogP contribution in [-0.2, 0) is 18.4 Å². The molecule has 1 amide bonds. The first-order valence-electron chi connectivity index (χ1n) is 6.03. The van der Waals surface area contributed by atoms with E-state index in [0.29, 0.717) is 13.0 Å². The highest BCUT2D eigenvalue weighted by atomic mass is 16.1.